The Morgan fingerprint density at radius 3 is 2.69 bits per heavy atom. The number of nitrogens with zero attached hydrogens (tertiary/aromatic N) is 2. The van der Waals surface area contributed by atoms with Gasteiger partial charge in [-0.25, -0.2) is 4.98 Å². The number of alkyl halides is 3. The molecule has 2 fully saturated rings. The van der Waals surface area contributed by atoms with Crippen LogP contribution in [0.3, 0.4) is 0 Å². The molecule has 6 nitrogen and oxygen atoms in total. The van der Waals surface area contributed by atoms with Gasteiger partial charge in [0.2, 0.25) is 5.91 Å². The van der Waals surface area contributed by atoms with E-state index >= 15 is 0 Å². The molecule has 0 aromatic carbocycles. The Kier molecular flexibility index (Phi) is 5.98. The van der Waals surface area contributed by atoms with Crippen LogP contribution in [0.2, 0.25) is 0 Å². The monoisotopic (exact) mass is 372 g/mol. The molecule has 1 aromatic rings. The average Bonchev–Trinajstić information content (AvgIpc) is 2.62. The molecule has 1 amide bonds. The maximum Gasteiger partial charge on any atom is 0.417 e. The molecular weight excluding hydrogens is 349 g/mol. The molecular formula is C17H23F3N4O2. The number of anilines is 1. The van der Waals surface area contributed by atoms with Crippen molar-refractivity contribution in [1.29, 1.82) is 0 Å². The molecule has 2 aliphatic heterocycles. The smallest absolute Gasteiger partial charge is 0.378 e. The number of aromatic nitrogens is 1. The van der Waals surface area contributed by atoms with Crippen molar-refractivity contribution < 1.29 is 22.7 Å². The van der Waals surface area contributed by atoms with Crippen molar-refractivity contribution in [3.8, 4) is 0 Å². The Morgan fingerprint density at radius 2 is 2.12 bits per heavy atom. The normalized spacial score (nSPS) is 22.3. The quantitative estimate of drug-likeness (QED) is 0.840. The van der Waals surface area contributed by atoms with Crippen LogP contribution in [-0.2, 0) is 15.7 Å². The van der Waals surface area contributed by atoms with E-state index in [1.54, 1.807) is 0 Å². The second kappa shape index (κ2) is 8.22. The zero-order valence-electron chi connectivity index (χ0n) is 14.4. The van der Waals surface area contributed by atoms with Gasteiger partial charge in [0.15, 0.2) is 0 Å². The fourth-order valence-corrected chi connectivity index (χ4v) is 3.25. The zero-order valence-corrected chi connectivity index (χ0v) is 14.4. The van der Waals surface area contributed by atoms with Crippen molar-refractivity contribution >= 4 is 11.7 Å². The molecule has 1 atom stereocenters. The first kappa shape index (κ1) is 18.9. The van der Waals surface area contributed by atoms with Crippen molar-refractivity contribution in [1.82, 2.24) is 15.6 Å². The summed E-state index contributed by atoms with van der Waals surface area (Å²) in [6.45, 7) is 3.28. The van der Waals surface area contributed by atoms with Crippen molar-refractivity contribution in [2.45, 2.75) is 37.5 Å². The number of pyridine rings is 1. The van der Waals surface area contributed by atoms with E-state index in [2.05, 4.69) is 15.6 Å². The van der Waals surface area contributed by atoms with Gasteiger partial charge in [-0.1, -0.05) is 0 Å². The second-order valence-corrected chi connectivity index (χ2v) is 6.66. The summed E-state index contributed by atoms with van der Waals surface area (Å²) in [5.74, 6) is 0.533. The number of hydrogen-bond donors (Lipinski definition) is 2. The van der Waals surface area contributed by atoms with E-state index in [-0.39, 0.29) is 18.0 Å². The molecule has 9 heteroatoms. The Morgan fingerprint density at radius 1 is 1.35 bits per heavy atom. The molecule has 0 spiro atoms. The predicted molar refractivity (Wildman–Crippen MR) is 89.8 cm³/mol. The molecule has 3 rings (SSSR count). The molecule has 3 heterocycles. The second-order valence-electron chi connectivity index (χ2n) is 6.66. The van der Waals surface area contributed by atoms with Gasteiger partial charge in [-0.15, -0.1) is 0 Å². The third-order valence-corrected chi connectivity index (χ3v) is 4.69. The minimum atomic E-state index is -4.37. The standard InChI is InChI=1S/C17H23F3N4O2/c18-17(19,20)12-1-2-15(22-10-12)24-6-3-13(4-7-24)23-16(25)9-14-11-26-8-5-21-14/h1-2,10,13-14,21H,3-9,11H2,(H,23,25). The first-order valence-electron chi connectivity index (χ1n) is 8.80. The Balaban J connectivity index is 1.44. The molecule has 0 aliphatic carbocycles. The lowest BCUT2D eigenvalue weighted by Crippen LogP contribution is -2.48. The van der Waals surface area contributed by atoms with E-state index in [1.165, 1.54) is 6.07 Å². The number of hydrogen-bond acceptors (Lipinski definition) is 5. The highest BCUT2D eigenvalue weighted by molar-refractivity contribution is 5.77. The third kappa shape index (κ3) is 5.07. The van der Waals surface area contributed by atoms with Gasteiger partial charge >= 0.3 is 6.18 Å². The largest absolute Gasteiger partial charge is 0.417 e. The van der Waals surface area contributed by atoms with Gasteiger partial charge in [-0.3, -0.25) is 4.79 Å². The molecule has 0 radical (unpaired) electrons. The lowest BCUT2D eigenvalue weighted by molar-refractivity contribution is -0.137. The van der Waals surface area contributed by atoms with Gasteiger partial charge in [0.25, 0.3) is 0 Å². The fourth-order valence-electron chi connectivity index (χ4n) is 3.25. The Bertz CT molecular complexity index is 595. The first-order valence-corrected chi connectivity index (χ1v) is 8.80. The highest BCUT2D eigenvalue weighted by atomic mass is 19.4. The third-order valence-electron chi connectivity index (χ3n) is 4.69. The molecule has 0 bridgehead atoms. The molecule has 1 unspecified atom stereocenters. The molecule has 2 saturated heterocycles. The maximum absolute atomic E-state index is 12.6. The number of morpholine rings is 1. The van der Waals surface area contributed by atoms with E-state index in [0.717, 1.165) is 31.6 Å². The summed E-state index contributed by atoms with van der Waals surface area (Å²) in [6, 6.07) is 2.59. The van der Waals surface area contributed by atoms with Crippen LogP contribution in [0.4, 0.5) is 19.0 Å². The van der Waals surface area contributed by atoms with Gasteiger partial charge in [-0.05, 0) is 25.0 Å². The summed E-state index contributed by atoms with van der Waals surface area (Å²) < 4.78 is 43.1. The minimum absolute atomic E-state index is 0.000829. The number of nitrogens with one attached hydrogen (secondary N) is 2. The van der Waals surface area contributed by atoms with Crippen LogP contribution in [0, 0.1) is 0 Å². The number of piperidine rings is 1. The number of ether oxygens (including phenoxy) is 1. The SMILES string of the molecule is O=C(CC1COCCN1)NC1CCN(c2ccc(C(F)(F)F)cn2)CC1. The number of amides is 1. The molecule has 26 heavy (non-hydrogen) atoms. The summed E-state index contributed by atoms with van der Waals surface area (Å²) >= 11 is 0. The van der Waals surface area contributed by atoms with Crippen LogP contribution in [0.15, 0.2) is 18.3 Å². The Hall–Kier alpha value is -1.87. The van der Waals surface area contributed by atoms with Gasteiger partial charge in [0, 0.05) is 44.3 Å². The Labute approximate surface area is 150 Å². The van der Waals surface area contributed by atoms with Gasteiger partial charge in [0.05, 0.1) is 18.8 Å². The minimum Gasteiger partial charge on any atom is -0.378 e. The summed E-state index contributed by atoms with van der Waals surface area (Å²) in [6.07, 6.45) is -1.64. The van der Waals surface area contributed by atoms with Crippen molar-refractivity contribution in [3.63, 3.8) is 0 Å². The summed E-state index contributed by atoms with van der Waals surface area (Å²) in [4.78, 5) is 18.0. The summed E-state index contributed by atoms with van der Waals surface area (Å²) in [7, 11) is 0. The van der Waals surface area contributed by atoms with Crippen molar-refractivity contribution in [2.24, 2.45) is 0 Å². The van der Waals surface area contributed by atoms with Crippen LogP contribution in [0.1, 0.15) is 24.8 Å². The number of rotatable bonds is 4. The van der Waals surface area contributed by atoms with Crippen LogP contribution >= 0.6 is 0 Å². The lowest BCUT2D eigenvalue weighted by atomic mass is 10.0. The number of carbonyl (C=O) groups excluding carboxylic acids is 1. The lowest BCUT2D eigenvalue weighted by Gasteiger charge is -2.33. The van der Waals surface area contributed by atoms with Gasteiger partial charge in [0.1, 0.15) is 5.82 Å². The van der Waals surface area contributed by atoms with Crippen LogP contribution in [0.5, 0.6) is 0 Å². The van der Waals surface area contributed by atoms with E-state index < -0.39 is 11.7 Å². The van der Waals surface area contributed by atoms with Gasteiger partial charge in [-0.2, -0.15) is 13.2 Å². The van der Waals surface area contributed by atoms with E-state index in [1.807, 2.05) is 4.90 Å². The molecule has 2 aliphatic rings. The highest BCUT2D eigenvalue weighted by Crippen LogP contribution is 2.29. The maximum atomic E-state index is 12.6. The number of halogens is 3. The van der Waals surface area contributed by atoms with Crippen molar-refractivity contribution in [2.75, 3.05) is 37.7 Å². The molecule has 2 N–H and O–H groups in total. The summed E-state index contributed by atoms with van der Waals surface area (Å²) in [5, 5.41) is 6.29. The number of carbonyl (C=O) groups is 1. The van der Waals surface area contributed by atoms with Crippen molar-refractivity contribution in [3.05, 3.63) is 23.9 Å². The van der Waals surface area contributed by atoms with Gasteiger partial charge < -0.3 is 20.3 Å². The summed E-state index contributed by atoms with van der Waals surface area (Å²) in [5.41, 5.74) is -0.747. The van der Waals surface area contributed by atoms with Crippen LogP contribution < -0.4 is 15.5 Å². The average molecular weight is 372 g/mol. The zero-order chi connectivity index (χ0) is 18.6. The topological polar surface area (TPSA) is 66.5 Å². The molecule has 0 saturated carbocycles. The molecule has 144 valence electrons. The van der Waals surface area contributed by atoms with Crippen LogP contribution in [0.25, 0.3) is 0 Å². The highest BCUT2D eigenvalue weighted by Gasteiger charge is 2.31. The first-order chi connectivity index (χ1) is 12.4. The van der Waals surface area contributed by atoms with E-state index in [9.17, 15) is 18.0 Å². The van der Waals surface area contributed by atoms with Crippen LogP contribution in [-0.4, -0.2) is 55.8 Å². The van der Waals surface area contributed by atoms with E-state index in [0.29, 0.717) is 38.5 Å². The fraction of sp³-hybridized carbons (Fsp3) is 0.647. The predicted octanol–water partition coefficient (Wildman–Crippen LogP) is 1.56. The molecule has 1 aromatic heterocycles. The van der Waals surface area contributed by atoms with E-state index in [4.69, 9.17) is 4.74 Å².